The van der Waals surface area contributed by atoms with Crippen molar-refractivity contribution in [2.45, 2.75) is 33.2 Å². The minimum atomic E-state index is 0.176. The second-order valence-corrected chi connectivity index (χ2v) is 5.11. The monoisotopic (exact) mass is 227 g/mol. The van der Waals surface area contributed by atoms with Gasteiger partial charge in [-0.1, -0.05) is 13.8 Å². The maximum Gasteiger partial charge on any atom is 0.320 e. The summed E-state index contributed by atoms with van der Waals surface area (Å²) in [6.07, 6.45) is 1.06. The first-order valence-electron chi connectivity index (χ1n) is 6.24. The highest BCUT2D eigenvalue weighted by Gasteiger charge is 2.23. The number of nitrogens with one attached hydrogen (secondary N) is 1. The van der Waals surface area contributed by atoms with Crippen molar-refractivity contribution in [3.05, 3.63) is 0 Å². The van der Waals surface area contributed by atoms with Crippen LogP contribution in [0.3, 0.4) is 0 Å². The van der Waals surface area contributed by atoms with E-state index in [0.29, 0.717) is 12.0 Å². The first kappa shape index (κ1) is 13.3. The van der Waals surface area contributed by atoms with Crippen molar-refractivity contribution in [1.82, 2.24) is 15.1 Å². The van der Waals surface area contributed by atoms with Gasteiger partial charge in [-0.2, -0.15) is 0 Å². The van der Waals surface area contributed by atoms with Crippen LogP contribution in [0.25, 0.3) is 0 Å². The summed E-state index contributed by atoms with van der Waals surface area (Å²) in [6, 6.07) is 0.497. The van der Waals surface area contributed by atoms with Gasteiger partial charge in [0.05, 0.1) is 0 Å². The molecule has 2 amide bonds. The maximum absolute atomic E-state index is 12.1. The van der Waals surface area contributed by atoms with E-state index in [1.165, 1.54) is 0 Å². The Morgan fingerprint density at radius 1 is 1.31 bits per heavy atom. The van der Waals surface area contributed by atoms with Crippen LogP contribution in [-0.4, -0.2) is 55.1 Å². The number of urea groups is 1. The number of carbonyl (C=O) groups is 1. The van der Waals surface area contributed by atoms with Gasteiger partial charge in [0.15, 0.2) is 0 Å². The Labute approximate surface area is 99.0 Å². The van der Waals surface area contributed by atoms with Gasteiger partial charge in [0.25, 0.3) is 0 Å². The Hall–Kier alpha value is -0.770. The largest absolute Gasteiger partial charge is 0.325 e. The third kappa shape index (κ3) is 3.67. The molecule has 4 nitrogen and oxygen atoms in total. The van der Waals surface area contributed by atoms with Crippen LogP contribution in [0.4, 0.5) is 4.79 Å². The van der Waals surface area contributed by atoms with Crippen LogP contribution < -0.4 is 5.32 Å². The molecule has 1 saturated heterocycles. The fourth-order valence-corrected chi connectivity index (χ4v) is 2.11. The third-order valence-electron chi connectivity index (χ3n) is 3.16. The topological polar surface area (TPSA) is 35.6 Å². The molecule has 1 N–H and O–H groups in total. The summed E-state index contributed by atoms with van der Waals surface area (Å²) in [7, 11) is 1.91. The molecule has 0 aliphatic carbocycles. The van der Waals surface area contributed by atoms with E-state index in [9.17, 15) is 4.79 Å². The molecule has 0 aromatic carbocycles. The predicted molar refractivity (Wildman–Crippen MR) is 66.5 cm³/mol. The molecule has 0 aromatic rings. The van der Waals surface area contributed by atoms with E-state index in [1.54, 1.807) is 0 Å². The Bertz CT molecular complexity index is 224. The molecule has 4 heteroatoms. The summed E-state index contributed by atoms with van der Waals surface area (Å²) in [5.41, 5.74) is 0. The predicted octanol–water partition coefficient (Wildman–Crippen LogP) is 1.38. The Kier molecular flexibility index (Phi) is 5.06. The molecule has 1 aliphatic heterocycles. The van der Waals surface area contributed by atoms with Crippen molar-refractivity contribution in [3.8, 4) is 0 Å². The van der Waals surface area contributed by atoms with Crippen LogP contribution >= 0.6 is 0 Å². The van der Waals surface area contributed by atoms with E-state index in [4.69, 9.17) is 0 Å². The van der Waals surface area contributed by atoms with Crippen LogP contribution in [0.1, 0.15) is 27.2 Å². The van der Waals surface area contributed by atoms with Crippen LogP contribution in [0.2, 0.25) is 0 Å². The van der Waals surface area contributed by atoms with Gasteiger partial charge in [0, 0.05) is 39.3 Å². The SMILES string of the molecule is CC(C)CC(C)N(C)C(=O)N1CCNCC1. The Morgan fingerprint density at radius 2 is 1.88 bits per heavy atom. The summed E-state index contributed by atoms with van der Waals surface area (Å²) in [5.74, 6) is 0.633. The third-order valence-corrected chi connectivity index (χ3v) is 3.16. The Balaban J connectivity index is 2.45. The average molecular weight is 227 g/mol. The highest BCUT2D eigenvalue weighted by atomic mass is 16.2. The first-order valence-corrected chi connectivity index (χ1v) is 6.24. The zero-order chi connectivity index (χ0) is 12.1. The quantitative estimate of drug-likeness (QED) is 0.790. The smallest absolute Gasteiger partial charge is 0.320 e. The fourth-order valence-electron chi connectivity index (χ4n) is 2.11. The van der Waals surface area contributed by atoms with Crippen molar-refractivity contribution in [1.29, 1.82) is 0 Å². The zero-order valence-electron chi connectivity index (χ0n) is 11.0. The van der Waals surface area contributed by atoms with E-state index in [0.717, 1.165) is 32.6 Å². The van der Waals surface area contributed by atoms with E-state index >= 15 is 0 Å². The standard InChI is InChI=1S/C12H25N3O/c1-10(2)9-11(3)14(4)12(16)15-7-5-13-6-8-15/h10-11,13H,5-9H2,1-4H3. The van der Waals surface area contributed by atoms with Gasteiger partial charge < -0.3 is 15.1 Å². The molecule has 1 heterocycles. The minimum Gasteiger partial charge on any atom is -0.325 e. The molecule has 16 heavy (non-hydrogen) atoms. The highest BCUT2D eigenvalue weighted by molar-refractivity contribution is 5.74. The summed E-state index contributed by atoms with van der Waals surface area (Å²) < 4.78 is 0. The summed E-state index contributed by atoms with van der Waals surface area (Å²) in [4.78, 5) is 16.0. The molecule has 0 bridgehead atoms. The van der Waals surface area contributed by atoms with Gasteiger partial charge in [0.2, 0.25) is 0 Å². The summed E-state index contributed by atoms with van der Waals surface area (Å²) in [6.45, 7) is 10.0. The number of nitrogens with zero attached hydrogens (tertiary/aromatic N) is 2. The van der Waals surface area contributed by atoms with Crippen molar-refractivity contribution >= 4 is 6.03 Å². The van der Waals surface area contributed by atoms with Crippen molar-refractivity contribution in [3.63, 3.8) is 0 Å². The summed E-state index contributed by atoms with van der Waals surface area (Å²) >= 11 is 0. The van der Waals surface area contributed by atoms with Crippen molar-refractivity contribution in [2.24, 2.45) is 5.92 Å². The molecule has 1 unspecified atom stereocenters. The lowest BCUT2D eigenvalue weighted by atomic mass is 10.0. The molecular weight excluding hydrogens is 202 g/mol. The van der Waals surface area contributed by atoms with Gasteiger partial charge in [-0.25, -0.2) is 4.79 Å². The van der Waals surface area contributed by atoms with Crippen LogP contribution in [0.5, 0.6) is 0 Å². The van der Waals surface area contributed by atoms with Crippen LogP contribution in [0.15, 0.2) is 0 Å². The molecule has 0 spiro atoms. The van der Waals surface area contributed by atoms with Gasteiger partial charge in [-0.15, -0.1) is 0 Å². The molecule has 1 fully saturated rings. The number of hydrogen-bond donors (Lipinski definition) is 1. The second kappa shape index (κ2) is 6.09. The highest BCUT2D eigenvalue weighted by Crippen LogP contribution is 2.11. The zero-order valence-corrected chi connectivity index (χ0v) is 11.0. The first-order chi connectivity index (χ1) is 7.52. The number of hydrogen-bond acceptors (Lipinski definition) is 2. The number of amides is 2. The van der Waals surface area contributed by atoms with E-state index < -0.39 is 0 Å². The normalized spacial score (nSPS) is 18.7. The number of carbonyl (C=O) groups excluding carboxylic acids is 1. The van der Waals surface area contributed by atoms with Gasteiger partial charge >= 0.3 is 6.03 Å². The van der Waals surface area contributed by atoms with Gasteiger partial charge in [-0.05, 0) is 19.3 Å². The molecule has 1 rings (SSSR count). The lowest BCUT2D eigenvalue weighted by molar-refractivity contribution is 0.138. The maximum atomic E-state index is 12.1. The molecule has 1 aliphatic rings. The van der Waals surface area contributed by atoms with E-state index in [1.807, 2.05) is 16.8 Å². The summed E-state index contributed by atoms with van der Waals surface area (Å²) in [5, 5.41) is 3.26. The Morgan fingerprint density at radius 3 is 2.38 bits per heavy atom. The van der Waals surface area contributed by atoms with Crippen LogP contribution in [-0.2, 0) is 0 Å². The van der Waals surface area contributed by atoms with E-state index in [2.05, 4.69) is 26.1 Å². The van der Waals surface area contributed by atoms with Crippen molar-refractivity contribution < 1.29 is 4.79 Å². The van der Waals surface area contributed by atoms with Gasteiger partial charge in [-0.3, -0.25) is 0 Å². The van der Waals surface area contributed by atoms with Crippen LogP contribution in [0, 0.1) is 5.92 Å². The molecule has 0 saturated carbocycles. The molecular formula is C12H25N3O. The molecule has 0 radical (unpaired) electrons. The van der Waals surface area contributed by atoms with E-state index in [-0.39, 0.29) is 6.03 Å². The molecule has 94 valence electrons. The van der Waals surface area contributed by atoms with Crippen molar-refractivity contribution in [2.75, 3.05) is 33.2 Å². The fraction of sp³-hybridized carbons (Fsp3) is 0.917. The molecule has 1 atom stereocenters. The number of rotatable bonds is 3. The lowest BCUT2D eigenvalue weighted by Gasteiger charge is -2.34. The number of piperazine rings is 1. The lowest BCUT2D eigenvalue weighted by Crippen LogP contribution is -2.52. The second-order valence-electron chi connectivity index (χ2n) is 5.11. The average Bonchev–Trinajstić information content (AvgIpc) is 2.27. The molecule has 0 aromatic heterocycles. The van der Waals surface area contributed by atoms with Gasteiger partial charge in [0.1, 0.15) is 0 Å². The minimum absolute atomic E-state index is 0.176.